The van der Waals surface area contributed by atoms with Crippen molar-refractivity contribution in [1.29, 1.82) is 0 Å². The van der Waals surface area contributed by atoms with Crippen LogP contribution in [-0.4, -0.2) is 81.2 Å². The molecule has 0 radical (unpaired) electrons. The number of hydrogen-bond donors (Lipinski definition) is 1. The minimum Gasteiger partial charge on any atom is -0.453 e. The molecule has 1 saturated heterocycles. The zero-order valence-corrected chi connectivity index (χ0v) is 23.1. The first-order valence-electron chi connectivity index (χ1n) is 12.7. The number of aromatic nitrogens is 2. The molecule has 0 spiro atoms. The number of carbonyl (C=O) groups excluding carboxylic acids is 2. The number of methoxy groups -OCH3 is 1. The summed E-state index contributed by atoms with van der Waals surface area (Å²) in [7, 11) is 1.25. The number of aliphatic hydroxyl groups excluding tert-OH is 1. The van der Waals surface area contributed by atoms with Gasteiger partial charge in [0.15, 0.2) is 5.17 Å². The lowest BCUT2D eigenvalue weighted by Crippen LogP contribution is -2.57. The van der Waals surface area contributed by atoms with Gasteiger partial charge in [0.05, 0.1) is 54.0 Å². The van der Waals surface area contributed by atoms with Gasteiger partial charge in [-0.25, -0.2) is 4.79 Å². The molecule has 0 aliphatic carbocycles. The van der Waals surface area contributed by atoms with Crippen LogP contribution in [0.15, 0.2) is 52.5 Å². The molecule has 2 aromatic carbocycles. The van der Waals surface area contributed by atoms with Crippen molar-refractivity contribution in [2.75, 3.05) is 33.4 Å². The first-order valence-corrected chi connectivity index (χ1v) is 13.6. The maximum Gasteiger partial charge on any atom is 0.416 e. The van der Waals surface area contributed by atoms with Crippen molar-refractivity contribution in [3.05, 3.63) is 69.8 Å². The number of ether oxygens (including phenoxy) is 1. The van der Waals surface area contributed by atoms with E-state index in [1.807, 2.05) is 0 Å². The molecule has 2 amide bonds. The molecular weight excluding hydrogens is 604 g/mol. The van der Waals surface area contributed by atoms with Crippen molar-refractivity contribution >= 4 is 45.9 Å². The average Bonchev–Trinajstić information content (AvgIpc) is 3.53. The number of hydrogen-bond acceptors (Lipinski definition) is 7. The van der Waals surface area contributed by atoms with Crippen LogP contribution in [0, 0.1) is 0 Å². The molecule has 16 heteroatoms. The van der Waals surface area contributed by atoms with Crippen molar-refractivity contribution in [3.8, 4) is 0 Å². The molecule has 1 aromatic heterocycles. The normalized spacial score (nSPS) is 19.0. The van der Waals surface area contributed by atoms with Crippen LogP contribution in [0.4, 0.5) is 31.1 Å². The summed E-state index contributed by atoms with van der Waals surface area (Å²) in [5.41, 5.74) is -2.12. The van der Waals surface area contributed by atoms with E-state index in [1.165, 1.54) is 22.9 Å². The number of carbonyl (C=O) groups is 2. The number of amides is 2. The molecule has 5 rings (SSSR count). The van der Waals surface area contributed by atoms with Crippen LogP contribution >= 0.6 is 11.8 Å². The van der Waals surface area contributed by atoms with Crippen LogP contribution in [0.5, 0.6) is 0 Å². The van der Waals surface area contributed by atoms with E-state index in [1.54, 1.807) is 29.2 Å². The Hall–Kier alpha value is -4.05. The number of alkyl halides is 6. The van der Waals surface area contributed by atoms with Crippen molar-refractivity contribution < 1.29 is 45.8 Å². The number of fused-ring (bicyclic) bond motifs is 1. The smallest absolute Gasteiger partial charge is 0.416 e. The highest BCUT2D eigenvalue weighted by molar-refractivity contribution is 8.18. The number of rotatable bonds is 4. The van der Waals surface area contributed by atoms with E-state index in [2.05, 4.69) is 10.1 Å². The number of aliphatic imine (C=N–C) groups is 1. The summed E-state index contributed by atoms with van der Waals surface area (Å²) in [5, 5.41) is 14.8. The predicted octanol–water partition coefficient (Wildman–Crippen LogP) is 4.84. The van der Waals surface area contributed by atoms with Crippen LogP contribution in [0.1, 0.15) is 22.3 Å². The number of aliphatic hydroxyl groups is 1. The monoisotopic (exact) mass is 627 g/mol. The van der Waals surface area contributed by atoms with Crippen LogP contribution in [0.3, 0.4) is 0 Å². The average molecular weight is 628 g/mol. The van der Waals surface area contributed by atoms with Crippen LogP contribution in [0.2, 0.25) is 0 Å². The highest BCUT2D eigenvalue weighted by Gasteiger charge is 2.38. The Morgan fingerprint density at radius 1 is 1.12 bits per heavy atom. The van der Waals surface area contributed by atoms with Crippen LogP contribution in [-0.2, 0) is 28.4 Å². The molecule has 0 bridgehead atoms. The van der Waals surface area contributed by atoms with Crippen molar-refractivity contribution in [2.24, 2.45) is 4.99 Å². The molecule has 228 valence electrons. The molecule has 2 aliphatic rings. The SMILES string of the molecule is COC(=O)N1CCN(C2=NC(=O)C(=Cc3ccc4c(cnn4Cc4ccc(C(F)(F)F)cc4C(F)(F)F)c3)S2)CC1CO. The third kappa shape index (κ3) is 6.34. The topological polar surface area (TPSA) is 100 Å². The first kappa shape index (κ1) is 30.4. The highest BCUT2D eigenvalue weighted by atomic mass is 32.2. The van der Waals surface area contributed by atoms with E-state index in [0.29, 0.717) is 39.2 Å². The van der Waals surface area contributed by atoms with E-state index < -0.39 is 48.1 Å². The Morgan fingerprint density at radius 3 is 2.56 bits per heavy atom. The number of benzene rings is 2. The number of thioether (sulfide) groups is 1. The van der Waals surface area contributed by atoms with E-state index in [4.69, 9.17) is 4.74 Å². The summed E-state index contributed by atoms with van der Waals surface area (Å²) in [6.45, 7) is 0.170. The third-order valence-electron chi connectivity index (χ3n) is 7.01. The van der Waals surface area contributed by atoms with E-state index in [0.717, 1.165) is 17.8 Å². The standard InChI is InChI=1S/C27H23F6N5O4S/c1-42-25(41)37-7-6-36(13-19(37)14-39)24-35-23(40)22(43-24)9-15-2-5-21-17(8-15)11-34-38(21)12-16-3-4-18(26(28,29)30)10-20(16)27(31,32)33/h2-5,8-11,19,39H,6-7,12-14H2,1H3. The van der Waals surface area contributed by atoms with Gasteiger partial charge in [-0.05, 0) is 53.2 Å². The quantitative estimate of drug-likeness (QED) is 0.327. The summed E-state index contributed by atoms with van der Waals surface area (Å²) >= 11 is 1.13. The highest BCUT2D eigenvalue weighted by Crippen LogP contribution is 2.38. The van der Waals surface area contributed by atoms with Gasteiger partial charge in [-0.2, -0.15) is 36.4 Å². The predicted molar refractivity (Wildman–Crippen MR) is 145 cm³/mol. The number of piperazine rings is 1. The molecule has 2 aliphatic heterocycles. The zero-order valence-electron chi connectivity index (χ0n) is 22.3. The second kappa shape index (κ2) is 11.6. The van der Waals surface area contributed by atoms with E-state index in [9.17, 15) is 41.0 Å². The molecule has 43 heavy (non-hydrogen) atoms. The fourth-order valence-corrected chi connectivity index (χ4v) is 5.81. The Kier molecular flexibility index (Phi) is 8.17. The Morgan fingerprint density at radius 2 is 1.88 bits per heavy atom. The maximum atomic E-state index is 13.6. The summed E-state index contributed by atoms with van der Waals surface area (Å²) in [4.78, 5) is 32.2. The fourth-order valence-electron chi connectivity index (χ4n) is 4.86. The Balaban J connectivity index is 1.33. The minimum atomic E-state index is -5.00. The number of amidine groups is 1. The van der Waals surface area contributed by atoms with Crippen molar-refractivity contribution in [3.63, 3.8) is 0 Å². The van der Waals surface area contributed by atoms with E-state index in [-0.39, 0.29) is 31.3 Å². The summed E-state index contributed by atoms with van der Waals surface area (Å²) in [6.07, 6.45) is -7.47. The molecule has 1 N–H and O–H groups in total. The molecule has 3 heterocycles. The van der Waals surface area contributed by atoms with Crippen LogP contribution < -0.4 is 0 Å². The van der Waals surface area contributed by atoms with Crippen LogP contribution in [0.25, 0.3) is 17.0 Å². The number of nitrogens with zero attached hydrogens (tertiary/aromatic N) is 5. The summed E-state index contributed by atoms with van der Waals surface area (Å²) in [5.74, 6) is -0.478. The Bertz CT molecular complexity index is 1630. The maximum absolute atomic E-state index is 13.6. The van der Waals surface area contributed by atoms with Gasteiger partial charge in [-0.1, -0.05) is 12.1 Å². The summed E-state index contributed by atoms with van der Waals surface area (Å²) in [6, 6.07) is 5.87. The fraction of sp³-hybridized carbons (Fsp3) is 0.333. The van der Waals surface area contributed by atoms with Gasteiger partial charge in [0.25, 0.3) is 5.91 Å². The minimum absolute atomic E-state index is 0.0981. The second-order valence-corrected chi connectivity index (χ2v) is 10.8. The lowest BCUT2D eigenvalue weighted by Gasteiger charge is -2.40. The van der Waals surface area contributed by atoms with Gasteiger partial charge in [0, 0.05) is 25.0 Å². The van der Waals surface area contributed by atoms with Crippen molar-refractivity contribution in [1.82, 2.24) is 19.6 Å². The van der Waals surface area contributed by atoms with Gasteiger partial charge in [-0.3, -0.25) is 14.4 Å². The molecule has 3 aromatic rings. The van der Waals surface area contributed by atoms with Gasteiger partial charge in [0.1, 0.15) is 0 Å². The largest absolute Gasteiger partial charge is 0.453 e. The summed E-state index contributed by atoms with van der Waals surface area (Å²) < 4.78 is 85.9. The zero-order chi connectivity index (χ0) is 31.1. The molecule has 1 unspecified atom stereocenters. The molecule has 0 saturated carbocycles. The van der Waals surface area contributed by atoms with Gasteiger partial charge in [0.2, 0.25) is 0 Å². The van der Waals surface area contributed by atoms with Gasteiger partial charge in [-0.15, -0.1) is 0 Å². The second-order valence-electron chi connectivity index (χ2n) is 9.74. The molecular formula is C27H23F6N5O4S. The lowest BCUT2D eigenvalue weighted by molar-refractivity contribution is -0.143. The Labute approximate surface area is 244 Å². The van der Waals surface area contributed by atoms with Gasteiger partial charge < -0.3 is 14.7 Å². The number of halogens is 6. The van der Waals surface area contributed by atoms with E-state index >= 15 is 0 Å². The first-order chi connectivity index (χ1) is 20.3. The molecule has 1 fully saturated rings. The lowest BCUT2D eigenvalue weighted by atomic mass is 10.0. The third-order valence-corrected chi connectivity index (χ3v) is 8.05. The molecule has 1 atom stereocenters. The van der Waals surface area contributed by atoms with Crippen molar-refractivity contribution in [2.45, 2.75) is 24.9 Å². The molecule has 9 nitrogen and oxygen atoms in total. The van der Waals surface area contributed by atoms with Gasteiger partial charge >= 0.3 is 18.4 Å².